The van der Waals surface area contributed by atoms with Crippen LogP contribution in [0.3, 0.4) is 0 Å². The van der Waals surface area contributed by atoms with Crippen molar-refractivity contribution in [2.45, 2.75) is 18.6 Å². The molecule has 2 aromatic rings. The van der Waals surface area contributed by atoms with E-state index in [1.807, 2.05) is 0 Å². The topological polar surface area (TPSA) is 141 Å². The largest absolute Gasteiger partial charge is 0.507 e. The molecule has 7 nitrogen and oxygen atoms in total. The Morgan fingerprint density at radius 2 is 1.80 bits per heavy atom. The van der Waals surface area contributed by atoms with Gasteiger partial charge < -0.3 is 25.7 Å². The van der Waals surface area contributed by atoms with Gasteiger partial charge in [-0.25, -0.2) is 0 Å². The molecule has 0 heterocycles. The molecule has 0 amide bonds. The standard InChI is InChI=1S/C16H17ClNO6P/c17-13-4-2-1-3-12(13)9-5-10(7-14(18)16(20)21)15(19)11(6-9)8-25(22,23)24/h1-6,14,19H,7-8,18H2,(H,20,21)(H2,22,23,24)/t14-/m1/s1. The number of aromatic hydroxyl groups is 1. The molecule has 0 aromatic heterocycles. The van der Waals surface area contributed by atoms with Gasteiger partial charge in [0, 0.05) is 22.6 Å². The smallest absolute Gasteiger partial charge is 0.330 e. The van der Waals surface area contributed by atoms with E-state index in [1.54, 1.807) is 24.3 Å². The summed E-state index contributed by atoms with van der Waals surface area (Å²) in [4.78, 5) is 29.4. The molecular weight excluding hydrogens is 369 g/mol. The van der Waals surface area contributed by atoms with E-state index in [0.717, 1.165) is 0 Å². The Hall–Kier alpha value is -1.89. The third-order valence-electron chi connectivity index (χ3n) is 3.59. The highest BCUT2D eigenvalue weighted by Gasteiger charge is 2.22. The zero-order valence-corrected chi connectivity index (χ0v) is 14.6. The summed E-state index contributed by atoms with van der Waals surface area (Å²) in [5.41, 5.74) is 6.78. The molecule has 9 heteroatoms. The number of rotatable bonds is 6. The Kier molecular flexibility index (Phi) is 5.87. The van der Waals surface area contributed by atoms with Crippen molar-refractivity contribution in [3.8, 4) is 16.9 Å². The highest BCUT2D eigenvalue weighted by atomic mass is 35.5. The summed E-state index contributed by atoms with van der Waals surface area (Å²) in [6.45, 7) is 0. The summed E-state index contributed by atoms with van der Waals surface area (Å²) < 4.78 is 11.3. The number of carboxylic acid groups (broad SMARTS) is 1. The minimum atomic E-state index is -4.45. The maximum Gasteiger partial charge on any atom is 0.330 e. The highest BCUT2D eigenvalue weighted by Crippen LogP contribution is 2.44. The second-order valence-electron chi connectivity index (χ2n) is 5.59. The first-order chi connectivity index (χ1) is 11.6. The lowest BCUT2D eigenvalue weighted by molar-refractivity contribution is -0.138. The van der Waals surface area contributed by atoms with Crippen LogP contribution in [0.4, 0.5) is 0 Å². The Balaban J connectivity index is 2.60. The molecular formula is C16H17ClNO6P. The van der Waals surface area contributed by atoms with Crippen molar-refractivity contribution in [1.82, 2.24) is 0 Å². The number of hydrogen-bond acceptors (Lipinski definition) is 4. The van der Waals surface area contributed by atoms with Crippen LogP contribution < -0.4 is 5.73 Å². The minimum Gasteiger partial charge on any atom is -0.507 e. The Labute approximate surface area is 148 Å². The van der Waals surface area contributed by atoms with Gasteiger partial charge in [-0.05, 0) is 29.3 Å². The van der Waals surface area contributed by atoms with Crippen molar-refractivity contribution < 1.29 is 29.4 Å². The lowest BCUT2D eigenvalue weighted by Crippen LogP contribution is -2.32. The van der Waals surface area contributed by atoms with Gasteiger partial charge in [-0.2, -0.15) is 0 Å². The second-order valence-corrected chi connectivity index (χ2v) is 7.65. The summed E-state index contributed by atoms with van der Waals surface area (Å²) in [7, 11) is -4.45. The number of nitrogens with two attached hydrogens (primary N) is 1. The number of hydrogen-bond donors (Lipinski definition) is 5. The molecule has 0 unspecified atom stereocenters. The maximum atomic E-state index is 11.3. The van der Waals surface area contributed by atoms with Crippen LogP contribution in [-0.4, -0.2) is 32.0 Å². The quantitative estimate of drug-likeness (QED) is 0.480. The molecule has 0 aliphatic rings. The number of carboxylic acids is 1. The van der Waals surface area contributed by atoms with E-state index in [4.69, 9.17) is 22.4 Å². The molecule has 1 atom stereocenters. The number of phenolic OH excluding ortho intramolecular Hbond substituents is 1. The van der Waals surface area contributed by atoms with Gasteiger partial charge in [-0.15, -0.1) is 0 Å². The molecule has 0 saturated heterocycles. The fraction of sp³-hybridized carbons (Fsp3) is 0.188. The van der Waals surface area contributed by atoms with Crippen molar-refractivity contribution >= 4 is 25.2 Å². The lowest BCUT2D eigenvalue weighted by atomic mass is 9.96. The Morgan fingerprint density at radius 3 is 2.36 bits per heavy atom. The normalized spacial score (nSPS) is 12.8. The van der Waals surface area contributed by atoms with E-state index >= 15 is 0 Å². The van der Waals surface area contributed by atoms with Crippen molar-refractivity contribution in [2.75, 3.05) is 0 Å². The Morgan fingerprint density at radius 1 is 1.20 bits per heavy atom. The van der Waals surface area contributed by atoms with E-state index in [-0.39, 0.29) is 23.3 Å². The van der Waals surface area contributed by atoms with E-state index < -0.39 is 25.8 Å². The van der Waals surface area contributed by atoms with Gasteiger partial charge in [0.1, 0.15) is 11.8 Å². The summed E-state index contributed by atoms with van der Waals surface area (Å²) in [6, 6.07) is 8.49. The molecule has 0 saturated carbocycles. The van der Waals surface area contributed by atoms with Crippen molar-refractivity contribution in [3.05, 3.63) is 52.5 Å². The predicted molar refractivity (Wildman–Crippen MR) is 93.6 cm³/mol. The van der Waals surface area contributed by atoms with Crippen LogP contribution in [0.1, 0.15) is 11.1 Å². The molecule has 6 N–H and O–H groups in total. The summed E-state index contributed by atoms with van der Waals surface area (Å²) in [6.07, 6.45) is -0.889. The van der Waals surface area contributed by atoms with Crippen LogP contribution in [0.5, 0.6) is 5.75 Å². The number of aliphatic carboxylic acids is 1. The third kappa shape index (κ3) is 5.04. The lowest BCUT2D eigenvalue weighted by Gasteiger charge is -2.16. The molecule has 0 spiro atoms. The molecule has 0 bridgehead atoms. The average Bonchev–Trinajstić information content (AvgIpc) is 2.50. The number of carbonyl (C=O) groups is 1. The monoisotopic (exact) mass is 385 g/mol. The Bertz CT molecular complexity index is 851. The van der Waals surface area contributed by atoms with E-state index in [9.17, 15) is 24.3 Å². The van der Waals surface area contributed by atoms with Gasteiger partial charge in [-0.1, -0.05) is 29.8 Å². The van der Waals surface area contributed by atoms with Gasteiger partial charge in [0.2, 0.25) is 0 Å². The fourth-order valence-electron chi connectivity index (χ4n) is 2.43. The fourth-order valence-corrected chi connectivity index (χ4v) is 3.36. The maximum absolute atomic E-state index is 11.3. The predicted octanol–water partition coefficient (Wildman–Crippen LogP) is 2.34. The van der Waals surface area contributed by atoms with Gasteiger partial charge in [-0.3, -0.25) is 9.36 Å². The van der Waals surface area contributed by atoms with Crippen LogP contribution in [0.2, 0.25) is 5.02 Å². The first-order valence-electron chi connectivity index (χ1n) is 7.21. The van der Waals surface area contributed by atoms with E-state index in [0.29, 0.717) is 16.1 Å². The van der Waals surface area contributed by atoms with Crippen molar-refractivity contribution in [1.29, 1.82) is 0 Å². The summed E-state index contributed by atoms with van der Waals surface area (Å²) >= 11 is 6.16. The zero-order valence-electron chi connectivity index (χ0n) is 13.0. The molecule has 25 heavy (non-hydrogen) atoms. The zero-order chi connectivity index (χ0) is 18.8. The highest BCUT2D eigenvalue weighted by molar-refractivity contribution is 7.50. The van der Waals surface area contributed by atoms with Gasteiger partial charge in [0.25, 0.3) is 0 Å². The second kappa shape index (κ2) is 7.56. The number of halogens is 1. The van der Waals surface area contributed by atoms with Crippen LogP contribution in [-0.2, 0) is 21.9 Å². The van der Waals surface area contributed by atoms with Crippen LogP contribution >= 0.6 is 19.2 Å². The van der Waals surface area contributed by atoms with Crippen molar-refractivity contribution in [3.63, 3.8) is 0 Å². The van der Waals surface area contributed by atoms with Crippen LogP contribution in [0.25, 0.3) is 11.1 Å². The number of phenols is 1. The third-order valence-corrected chi connectivity index (χ3v) is 4.67. The van der Waals surface area contributed by atoms with Crippen molar-refractivity contribution in [2.24, 2.45) is 5.73 Å². The first kappa shape index (κ1) is 19.4. The SMILES string of the molecule is N[C@H](Cc1cc(-c2ccccc2Cl)cc(CP(=O)(O)O)c1O)C(=O)O. The molecule has 2 aromatic carbocycles. The van der Waals surface area contributed by atoms with Gasteiger partial charge in [0.05, 0.1) is 6.16 Å². The minimum absolute atomic E-state index is 0.00154. The van der Waals surface area contributed by atoms with Crippen LogP contribution in [0.15, 0.2) is 36.4 Å². The van der Waals surface area contributed by atoms with E-state index in [1.165, 1.54) is 12.1 Å². The molecule has 0 aliphatic carbocycles. The molecule has 2 rings (SSSR count). The first-order valence-corrected chi connectivity index (χ1v) is 9.38. The molecule has 0 fully saturated rings. The molecule has 134 valence electrons. The van der Waals surface area contributed by atoms with Gasteiger partial charge >= 0.3 is 13.6 Å². The average molecular weight is 386 g/mol. The number of benzene rings is 2. The van der Waals surface area contributed by atoms with Gasteiger partial charge in [0.15, 0.2) is 0 Å². The molecule has 0 aliphatic heterocycles. The molecule has 0 radical (unpaired) electrons. The summed E-state index contributed by atoms with van der Waals surface area (Å²) in [5, 5.41) is 19.7. The van der Waals surface area contributed by atoms with E-state index in [2.05, 4.69) is 0 Å². The van der Waals surface area contributed by atoms with Crippen LogP contribution in [0, 0.1) is 0 Å². The summed E-state index contributed by atoms with van der Waals surface area (Å²) in [5.74, 6) is -1.63.